The van der Waals surface area contributed by atoms with Gasteiger partial charge < -0.3 is 9.84 Å². The van der Waals surface area contributed by atoms with E-state index < -0.39 is 5.97 Å². The van der Waals surface area contributed by atoms with Crippen molar-refractivity contribution in [3.8, 4) is 5.75 Å². The van der Waals surface area contributed by atoms with Crippen molar-refractivity contribution >= 4 is 5.97 Å². The number of ether oxygens (including phenoxy) is 1. The van der Waals surface area contributed by atoms with Crippen molar-refractivity contribution in [2.75, 3.05) is 0 Å². The molecule has 0 saturated carbocycles. The zero-order valence-corrected chi connectivity index (χ0v) is 10.1. The molecular weight excluding hydrogens is 228 g/mol. The van der Waals surface area contributed by atoms with E-state index in [1.54, 1.807) is 0 Å². The average molecular weight is 242 g/mol. The van der Waals surface area contributed by atoms with E-state index in [0.29, 0.717) is 6.61 Å². The molecule has 1 aromatic rings. The summed E-state index contributed by atoms with van der Waals surface area (Å²) in [4.78, 5) is 9.00. The second kappa shape index (κ2) is 5.36. The van der Waals surface area contributed by atoms with Gasteiger partial charge in [0, 0.05) is 12.1 Å². The number of benzene rings is 2. The summed E-state index contributed by atoms with van der Waals surface area (Å²) in [7, 11) is 0. The Bertz CT molecular complexity index is 629. The molecule has 92 valence electrons. The van der Waals surface area contributed by atoms with Gasteiger partial charge in [-0.05, 0) is 16.8 Å². The third-order valence-electron chi connectivity index (χ3n) is 2.53. The van der Waals surface area contributed by atoms with Gasteiger partial charge in [-0.3, -0.25) is 4.79 Å². The van der Waals surface area contributed by atoms with Crippen LogP contribution in [-0.4, -0.2) is 11.1 Å². The molecule has 0 fully saturated rings. The van der Waals surface area contributed by atoms with Crippen molar-refractivity contribution in [3.63, 3.8) is 0 Å². The van der Waals surface area contributed by atoms with Gasteiger partial charge in [-0.25, -0.2) is 0 Å². The highest BCUT2D eigenvalue weighted by Crippen LogP contribution is 2.24. The maximum atomic E-state index is 9.00. The molecule has 3 rings (SSSR count). The van der Waals surface area contributed by atoms with E-state index >= 15 is 0 Å². The minimum absolute atomic E-state index is 0.664. The van der Waals surface area contributed by atoms with Crippen molar-refractivity contribution in [2.24, 2.45) is 0 Å². The number of hydrogen-bond acceptors (Lipinski definition) is 2. The highest BCUT2D eigenvalue weighted by atomic mass is 16.5. The maximum absolute atomic E-state index is 9.00. The Kier molecular flexibility index (Phi) is 3.63. The van der Waals surface area contributed by atoms with Crippen LogP contribution in [0.3, 0.4) is 0 Å². The Balaban J connectivity index is 0.000000267. The van der Waals surface area contributed by atoms with Gasteiger partial charge in [0.2, 0.25) is 0 Å². The summed E-state index contributed by atoms with van der Waals surface area (Å²) in [5.41, 5.74) is 1.21. The molecular formula is C15H14O3. The predicted molar refractivity (Wildman–Crippen MR) is 68.2 cm³/mol. The number of hydrogen-bond donors (Lipinski definition) is 1. The first-order chi connectivity index (χ1) is 8.66. The fourth-order valence-corrected chi connectivity index (χ4v) is 1.61. The van der Waals surface area contributed by atoms with Gasteiger partial charge in [0.25, 0.3) is 5.97 Å². The summed E-state index contributed by atoms with van der Waals surface area (Å²) in [5, 5.41) is 10.0. The van der Waals surface area contributed by atoms with Crippen LogP contribution in [-0.2, 0) is 11.4 Å². The highest BCUT2D eigenvalue weighted by molar-refractivity contribution is 5.62. The van der Waals surface area contributed by atoms with Crippen LogP contribution < -0.4 is 4.74 Å². The van der Waals surface area contributed by atoms with Crippen molar-refractivity contribution in [3.05, 3.63) is 64.5 Å². The molecule has 1 N–H and O–H groups in total. The number of carbonyl (C=O) groups is 1. The van der Waals surface area contributed by atoms with E-state index in [0.717, 1.165) is 12.7 Å². The Morgan fingerprint density at radius 1 is 1.17 bits per heavy atom. The molecule has 0 radical (unpaired) electrons. The molecule has 2 aliphatic rings. The molecule has 0 atom stereocenters. The molecule has 3 heteroatoms. The molecule has 18 heavy (non-hydrogen) atoms. The summed E-state index contributed by atoms with van der Waals surface area (Å²) in [6, 6.07) is 16.5. The molecule has 0 bridgehead atoms. The molecule has 0 aromatic heterocycles. The van der Waals surface area contributed by atoms with Gasteiger partial charge >= 0.3 is 0 Å². The Hall–Kier alpha value is -2.29. The van der Waals surface area contributed by atoms with E-state index in [-0.39, 0.29) is 0 Å². The zero-order chi connectivity index (χ0) is 13.0. The fourth-order valence-electron chi connectivity index (χ4n) is 1.61. The van der Waals surface area contributed by atoms with Gasteiger partial charge in [0.05, 0.1) is 0 Å². The first kappa shape index (κ1) is 12.2. The molecule has 0 heterocycles. The normalized spacial score (nSPS) is 10.1. The molecule has 2 aliphatic carbocycles. The van der Waals surface area contributed by atoms with Crippen molar-refractivity contribution < 1.29 is 14.6 Å². The molecule has 0 spiro atoms. The number of carboxylic acids is 1. The molecule has 0 unspecified atom stereocenters. The molecule has 0 aliphatic heterocycles. The van der Waals surface area contributed by atoms with Crippen LogP contribution in [0.1, 0.15) is 12.5 Å². The Morgan fingerprint density at radius 2 is 1.83 bits per heavy atom. The Labute approximate surface area is 105 Å². The van der Waals surface area contributed by atoms with Gasteiger partial charge in [0.1, 0.15) is 12.4 Å². The van der Waals surface area contributed by atoms with Gasteiger partial charge in [-0.1, -0.05) is 42.5 Å². The van der Waals surface area contributed by atoms with Crippen LogP contribution >= 0.6 is 0 Å². The third-order valence-corrected chi connectivity index (χ3v) is 2.53. The average Bonchev–Trinajstić information content (AvgIpc) is 2.31. The first-order valence-corrected chi connectivity index (χ1v) is 5.67. The van der Waals surface area contributed by atoms with Crippen LogP contribution in [0.25, 0.3) is 0 Å². The SMILES string of the molecule is CC(=O)O.c1ccc(COc2cc3ccc2=3)cc1. The lowest BCUT2D eigenvalue weighted by Gasteiger charge is -2.12. The monoisotopic (exact) mass is 242 g/mol. The number of rotatable bonds is 3. The lowest BCUT2D eigenvalue weighted by Crippen LogP contribution is -2.00. The quantitative estimate of drug-likeness (QED) is 0.768. The maximum Gasteiger partial charge on any atom is 0.300 e. The van der Waals surface area contributed by atoms with E-state index in [9.17, 15) is 0 Å². The topological polar surface area (TPSA) is 46.5 Å². The summed E-state index contributed by atoms with van der Waals surface area (Å²) in [6.07, 6.45) is 0. The van der Waals surface area contributed by atoms with Crippen molar-refractivity contribution in [1.82, 2.24) is 0 Å². The Morgan fingerprint density at radius 3 is 2.28 bits per heavy atom. The molecule has 1 aromatic carbocycles. The smallest absolute Gasteiger partial charge is 0.300 e. The number of aliphatic carboxylic acids is 1. The van der Waals surface area contributed by atoms with Gasteiger partial charge in [0.15, 0.2) is 0 Å². The van der Waals surface area contributed by atoms with E-state index in [1.807, 2.05) is 18.2 Å². The predicted octanol–water partition coefficient (Wildman–Crippen LogP) is 2.96. The van der Waals surface area contributed by atoms with Gasteiger partial charge in [-0.2, -0.15) is 0 Å². The summed E-state index contributed by atoms with van der Waals surface area (Å²) >= 11 is 0. The molecule has 3 nitrogen and oxygen atoms in total. The summed E-state index contributed by atoms with van der Waals surface area (Å²) in [5.74, 6) is 0.200. The van der Waals surface area contributed by atoms with Crippen molar-refractivity contribution in [1.29, 1.82) is 0 Å². The van der Waals surface area contributed by atoms with Crippen LogP contribution in [0, 0.1) is 10.4 Å². The lowest BCUT2D eigenvalue weighted by molar-refractivity contribution is -0.134. The zero-order valence-electron chi connectivity index (χ0n) is 10.1. The second-order valence-corrected chi connectivity index (χ2v) is 4.00. The minimum atomic E-state index is -0.833. The summed E-state index contributed by atoms with van der Waals surface area (Å²) in [6.45, 7) is 1.75. The first-order valence-electron chi connectivity index (χ1n) is 5.67. The second-order valence-electron chi connectivity index (χ2n) is 4.00. The standard InChI is InChI=1S/C13H10O.C2H4O2/c1-2-4-10(5-3-1)9-14-13-8-11-6-7-12(11)13;1-2(3)4/h1-8H,9H2;1H3,(H,3,4). The third kappa shape index (κ3) is 2.88. The largest absolute Gasteiger partial charge is 0.488 e. The lowest BCUT2D eigenvalue weighted by atomic mass is 10.1. The number of carboxylic acid groups (broad SMARTS) is 1. The van der Waals surface area contributed by atoms with Crippen LogP contribution in [0.2, 0.25) is 0 Å². The van der Waals surface area contributed by atoms with Crippen LogP contribution in [0.4, 0.5) is 0 Å². The minimum Gasteiger partial charge on any atom is -0.488 e. The van der Waals surface area contributed by atoms with E-state index in [1.165, 1.54) is 16.0 Å². The molecule has 0 amide bonds. The van der Waals surface area contributed by atoms with Crippen LogP contribution in [0.15, 0.2) is 48.5 Å². The fraction of sp³-hybridized carbons (Fsp3) is 0.133. The van der Waals surface area contributed by atoms with E-state index in [4.69, 9.17) is 14.6 Å². The van der Waals surface area contributed by atoms with Gasteiger partial charge in [-0.15, -0.1) is 0 Å². The van der Waals surface area contributed by atoms with Crippen LogP contribution in [0.5, 0.6) is 5.75 Å². The van der Waals surface area contributed by atoms with E-state index in [2.05, 4.69) is 30.3 Å². The summed E-state index contributed by atoms with van der Waals surface area (Å²) < 4.78 is 5.65. The highest BCUT2D eigenvalue weighted by Gasteiger charge is 2.06. The molecule has 0 saturated heterocycles. The van der Waals surface area contributed by atoms with Crippen molar-refractivity contribution in [2.45, 2.75) is 13.5 Å².